The fourth-order valence-electron chi connectivity index (χ4n) is 3.08. The van der Waals surface area contributed by atoms with Crippen molar-refractivity contribution in [1.29, 1.82) is 0 Å². The molecule has 0 saturated carbocycles. The SMILES string of the molecule is COC(=O)C(=O)Nc1cccc2c(S(=O)(=O)Nc3ccc(NC(=O)C(C)(C)CF)cc3)cccc12. The maximum absolute atomic E-state index is 13.2. The highest BCUT2D eigenvalue weighted by Crippen LogP contribution is 2.30. The van der Waals surface area contributed by atoms with Gasteiger partial charge in [0.05, 0.1) is 17.4 Å². The molecule has 35 heavy (non-hydrogen) atoms. The standard InChI is InChI=1S/C24H24FN3O6S/c1-24(2,14-25)23(31)26-15-10-12-16(13-11-15)28-35(32,33)20-9-5-6-17-18(20)7-4-8-19(17)27-21(29)22(30)34-3/h4-13,28H,14H2,1-3H3,(H,26,31)(H,27,29). The number of ether oxygens (including phenoxy) is 1. The highest BCUT2D eigenvalue weighted by molar-refractivity contribution is 7.93. The molecule has 3 aromatic rings. The van der Waals surface area contributed by atoms with E-state index in [1.807, 2.05) is 0 Å². The van der Waals surface area contributed by atoms with Crippen molar-refractivity contribution < 1.29 is 31.9 Å². The minimum Gasteiger partial charge on any atom is -0.462 e. The number of anilines is 3. The van der Waals surface area contributed by atoms with Crippen LogP contribution in [0.3, 0.4) is 0 Å². The zero-order valence-corrected chi connectivity index (χ0v) is 20.0. The summed E-state index contributed by atoms with van der Waals surface area (Å²) in [7, 11) is -2.98. The van der Waals surface area contributed by atoms with Crippen LogP contribution >= 0.6 is 0 Å². The number of rotatable bonds is 7. The number of carbonyl (C=O) groups excluding carboxylic acids is 3. The van der Waals surface area contributed by atoms with Crippen molar-refractivity contribution in [2.45, 2.75) is 18.7 Å². The molecule has 0 bridgehead atoms. The van der Waals surface area contributed by atoms with Crippen molar-refractivity contribution in [1.82, 2.24) is 0 Å². The highest BCUT2D eigenvalue weighted by Gasteiger charge is 2.27. The van der Waals surface area contributed by atoms with E-state index in [0.717, 1.165) is 7.11 Å². The van der Waals surface area contributed by atoms with E-state index < -0.39 is 39.9 Å². The predicted octanol–water partition coefficient (Wildman–Crippen LogP) is 3.69. The van der Waals surface area contributed by atoms with Crippen molar-refractivity contribution >= 4 is 55.6 Å². The van der Waals surface area contributed by atoms with Crippen molar-refractivity contribution in [2.24, 2.45) is 5.41 Å². The van der Waals surface area contributed by atoms with Crippen LogP contribution in [0.5, 0.6) is 0 Å². The number of alkyl halides is 1. The van der Waals surface area contributed by atoms with E-state index in [-0.39, 0.29) is 16.3 Å². The van der Waals surface area contributed by atoms with Gasteiger partial charge in [-0.25, -0.2) is 17.6 Å². The molecular formula is C24H24FN3O6S. The number of fused-ring (bicyclic) bond motifs is 1. The van der Waals surface area contributed by atoms with Gasteiger partial charge in [-0.3, -0.25) is 14.3 Å². The average molecular weight is 502 g/mol. The van der Waals surface area contributed by atoms with Crippen LogP contribution in [0.25, 0.3) is 10.8 Å². The Morgan fingerprint density at radius 3 is 2.11 bits per heavy atom. The van der Waals surface area contributed by atoms with Gasteiger partial charge in [0.2, 0.25) is 5.91 Å². The monoisotopic (exact) mass is 501 g/mol. The second-order valence-corrected chi connectivity index (χ2v) is 9.91. The van der Waals surface area contributed by atoms with Crippen molar-refractivity contribution in [2.75, 3.05) is 29.1 Å². The van der Waals surface area contributed by atoms with E-state index in [9.17, 15) is 27.2 Å². The summed E-state index contributed by atoms with van der Waals surface area (Å²) >= 11 is 0. The first-order valence-corrected chi connectivity index (χ1v) is 11.9. The Balaban J connectivity index is 1.86. The lowest BCUT2D eigenvalue weighted by Gasteiger charge is -2.19. The molecule has 0 heterocycles. The smallest absolute Gasteiger partial charge is 0.396 e. The third-order valence-electron chi connectivity index (χ3n) is 5.13. The van der Waals surface area contributed by atoms with Crippen LogP contribution in [-0.4, -0.2) is 40.0 Å². The Labute approximate surface area is 201 Å². The molecule has 2 amide bonds. The van der Waals surface area contributed by atoms with Crippen LogP contribution < -0.4 is 15.4 Å². The minimum atomic E-state index is -4.06. The topological polar surface area (TPSA) is 131 Å². The fraction of sp³-hybridized carbons (Fsp3) is 0.208. The van der Waals surface area contributed by atoms with Crippen molar-refractivity contribution in [3.8, 4) is 0 Å². The van der Waals surface area contributed by atoms with Crippen LogP contribution in [0.1, 0.15) is 13.8 Å². The zero-order valence-electron chi connectivity index (χ0n) is 19.2. The minimum absolute atomic E-state index is 0.0498. The van der Waals surface area contributed by atoms with E-state index in [1.165, 1.54) is 56.3 Å². The summed E-state index contributed by atoms with van der Waals surface area (Å²) in [5.74, 6) is -2.58. The highest BCUT2D eigenvalue weighted by atomic mass is 32.2. The first-order chi connectivity index (χ1) is 16.5. The van der Waals surface area contributed by atoms with E-state index in [0.29, 0.717) is 16.5 Å². The molecule has 11 heteroatoms. The van der Waals surface area contributed by atoms with Crippen LogP contribution in [0.4, 0.5) is 21.5 Å². The number of nitrogens with one attached hydrogen (secondary N) is 3. The number of hydrogen-bond donors (Lipinski definition) is 3. The van der Waals surface area contributed by atoms with Gasteiger partial charge in [0.15, 0.2) is 0 Å². The summed E-state index contributed by atoms with van der Waals surface area (Å²) in [4.78, 5) is 35.4. The Morgan fingerprint density at radius 1 is 0.886 bits per heavy atom. The van der Waals surface area contributed by atoms with Gasteiger partial charge in [-0.2, -0.15) is 0 Å². The van der Waals surface area contributed by atoms with Gasteiger partial charge < -0.3 is 15.4 Å². The van der Waals surface area contributed by atoms with Gasteiger partial charge in [-0.05, 0) is 50.2 Å². The first kappa shape index (κ1) is 25.6. The third-order valence-corrected chi connectivity index (χ3v) is 6.57. The summed E-state index contributed by atoms with van der Waals surface area (Å²) in [6.45, 7) is 2.12. The molecule has 0 unspecified atom stereocenters. The number of esters is 1. The molecule has 0 aromatic heterocycles. The van der Waals surface area contributed by atoms with Gasteiger partial charge >= 0.3 is 11.9 Å². The van der Waals surface area contributed by atoms with Gasteiger partial charge in [0.25, 0.3) is 10.0 Å². The number of benzene rings is 3. The molecule has 0 aliphatic heterocycles. The van der Waals surface area contributed by atoms with Crippen LogP contribution in [0.15, 0.2) is 65.6 Å². The summed E-state index contributed by atoms with van der Waals surface area (Å²) in [5, 5.41) is 5.73. The van der Waals surface area contributed by atoms with Crippen LogP contribution in [0, 0.1) is 5.41 Å². The van der Waals surface area contributed by atoms with Gasteiger partial charge in [0, 0.05) is 27.8 Å². The Morgan fingerprint density at radius 2 is 1.49 bits per heavy atom. The lowest BCUT2D eigenvalue weighted by molar-refractivity contribution is -0.150. The number of sulfonamides is 1. The van der Waals surface area contributed by atoms with Crippen LogP contribution in [0.2, 0.25) is 0 Å². The molecule has 0 aliphatic carbocycles. The number of halogens is 1. The molecule has 9 nitrogen and oxygen atoms in total. The zero-order chi connectivity index (χ0) is 25.8. The van der Waals surface area contributed by atoms with E-state index in [4.69, 9.17) is 0 Å². The maximum Gasteiger partial charge on any atom is 0.396 e. The summed E-state index contributed by atoms with van der Waals surface area (Å²) in [5.41, 5.74) is -0.328. The molecule has 0 atom stereocenters. The van der Waals surface area contributed by atoms with Gasteiger partial charge in [-0.15, -0.1) is 0 Å². The van der Waals surface area contributed by atoms with E-state index >= 15 is 0 Å². The number of amides is 2. The first-order valence-electron chi connectivity index (χ1n) is 10.4. The number of carbonyl (C=O) groups is 3. The average Bonchev–Trinajstić information content (AvgIpc) is 2.84. The maximum atomic E-state index is 13.2. The molecule has 0 radical (unpaired) electrons. The molecule has 184 valence electrons. The molecular weight excluding hydrogens is 477 g/mol. The lowest BCUT2D eigenvalue weighted by Crippen LogP contribution is -2.32. The molecule has 3 rings (SSSR count). The largest absolute Gasteiger partial charge is 0.462 e. The Bertz CT molecular complexity index is 1390. The van der Waals surface area contributed by atoms with E-state index in [2.05, 4.69) is 20.1 Å². The molecule has 0 fully saturated rings. The fourth-order valence-corrected chi connectivity index (χ4v) is 4.36. The normalized spacial score (nSPS) is 11.5. The van der Waals surface area contributed by atoms with Gasteiger partial charge in [0.1, 0.15) is 6.67 Å². The van der Waals surface area contributed by atoms with E-state index in [1.54, 1.807) is 18.2 Å². The Hall–Kier alpha value is -3.99. The molecule has 3 aromatic carbocycles. The second-order valence-electron chi connectivity index (χ2n) is 8.26. The summed E-state index contributed by atoms with van der Waals surface area (Å²) in [6, 6.07) is 15.1. The molecule has 0 spiro atoms. The number of methoxy groups -OCH3 is 1. The lowest BCUT2D eigenvalue weighted by atomic mass is 9.94. The summed E-state index contributed by atoms with van der Waals surface area (Å²) < 4.78 is 46.2. The summed E-state index contributed by atoms with van der Waals surface area (Å²) in [6.07, 6.45) is 0. The predicted molar refractivity (Wildman–Crippen MR) is 130 cm³/mol. The Kier molecular flexibility index (Phi) is 7.39. The number of hydrogen-bond acceptors (Lipinski definition) is 6. The van der Waals surface area contributed by atoms with Gasteiger partial charge in [-0.1, -0.05) is 24.3 Å². The molecule has 0 aliphatic rings. The van der Waals surface area contributed by atoms with Crippen molar-refractivity contribution in [3.63, 3.8) is 0 Å². The third kappa shape index (κ3) is 5.75. The quantitative estimate of drug-likeness (QED) is 0.334. The van der Waals surface area contributed by atoms with Crippen molar-refractivity contribution in [3.05, 3.63) is 60.7 Å². The molecule has 3 N–H and O–H groups in total. The second kappa shape index (κ2) is 10.1. The van der Waals surface area contributed by atoms with Crippen LogP contribution in [-0.2, 0) is 29.1 Å². The molecule has 0 saturated heterocycles.